The van der Waals surface area contributed by atoms with Gasteiger partial charge in [0.1, 0.15) is 5.75 Å². The van der Waals surface area contributed by atoms with Crippen LogP contribution in [0.4, 0.5) is 5.69 Å². The smallest absolute Gasteiger partial charge is 0.261 e. The summed E-state index contributed by atoms with van der Waals surface area (Å²) in [6, 6.07) is 13.4. The van der Waals surface area contributed by atoms with Crippen LogP contribution in [0.15, 0.2) is 46.9 Å². The lowest BCUT2D eigenvalue weighted by molar-refractivity contribution is -0.128. The molecular formula is C19H22BrClN2O2. The average Bonchev–Trinajstić information content (AvgIpc) is 2.54. The van der Waals surface area contributed by atoms with Crippen molar-refractivity contribution in [3.8, 4) is 5.75 Å². The molecule has 0 saturated carbocycles. The molecule has 4 nitrogen and oxygen atoms in total. The molecule has 1 aliphatic carbocycles. The second-order valence-electron chi connectivity index (χ2n) is 6.13. The fourth-order valence-electron chi connectivity index (χ4n) is 3.07. The summed E-state index contributed by atoms with van der Waals surface area (Å²) in [5.74, 6) is 0.563. The molecular weight excluding hydrogens is 404 g/mol. The predicted molar refractivity (Wildman–Crippen MR) is 106 cm³/mol. The van der Waals surface area contributed by atoms with E-state index in [1.165, 1.54) is 11.1 Å². The number of rotatable bonds is 4. The quantitative estimate of drug-likeness (QED) is 0.713. The van der Waals surface area contributed by atoms with Crippen molar-refractivity contribution in [1.29, 1.82) is 0 Å². The normalized spacial score (nSPS) is 17.0. The molecule has 3 rings (SSSR count). The number of nitrogens with two attached hydrogens (primary N) is 1. The number of hydrogen-bond acceptors (Lipinski definition) is 3. The minimum atomic E-state index is -0.557. The van der Waals surface area contributed by atoms with Crippen molar-refractivity contribution >= 4 is 39.9 Å². The molecule has 2 atom stereocenters. The molecule has 0 heterocycles. The highest BCUT2D eigenvalue weighted by atomic mass is 79.9. The number of benzene rings is 2. The number of fused-ring (bicyclic) bond motifs is 1. The SMILES string of the molecule is CC(Oc1cccc(Br)c1)C(=O)NC1CCCc2cc(N)ccc21.Cl. The van der Waals surface area contributed by atoms with Crippen molar-refractivity contribution in [1.82, 2.24) is 5.32 Å². The van der Waals surface area contributed by atoms with Gasteiger partial charge in [-0.05, 0) is 67.6 Å². The number of nitrogen functional groups attached to an aromatic ring is 1. The van der Waals surface area contributed by atoms with Crippen LogP contribution >= 0.6 is 28.3 Å². The van der Waals surface area contributed by atoms with E-state index in [0.717, 1.165) is 29.4 Å². The van der Waals surface area contributed by atoms with Gasteiger partial charge in [-0.3, -0.25) is 4.79 Å². The number of carbonyl (C=O) groups is 1. The Morgan fingerprint density at radius 1 is 1.32 bits per heavy atom. The molecule has 25 heavy (non-hydrogen) atoms. The van der Waals surface area contributed by atoms with Gasteiger partial charge < -0.3 is 15.8 Å². The molecule has 0 bridgehead atoms. The zero-order valence-electron chi connectivity index (χ0n) is 14.0. The van der Waals surface area contributed by atoms with Crippen LogP contribution in [0, 0.1) is 0 Å². The summed E-state index contributed by atoms with van der Waals surface area (Å²) in [7, 11) is 0. The molecule has 134 valence electrons. The van der Waals surface area contributed by atoms with Gasteiger partial charge in [0, 0.05) is 10.2 Å². The number of halogens is 2. The summed E-state index contributed by atoms with van der Waals surface area (Å²) in [5.41, 5.74) is 9.03. The van der Waals surface area contributed by atoms with E-state index in [2.05, 4.69) is 21.2 Å². The Morgan fingerprint density at radius 2 is 2.12 bits per heavy atom. The number of ether oxygens (including phenoxy) is 1. The van der Waals surface area contributed by atoms with Gasteiger partial charge >= 0.3 is 0 Å². The highest BCUT2D eigenvalue weighted by molar-refractivity contribution is 9.10. The van der Waals surface area contributed by atoms with Crippen LogP contribution in [0.25, 0.3) is 0 Å². The summed E-state index contributed by atoms with van der Waals surface area (Å²) in [6.07, 6.45) is 2.43. The predicted octanol–water partition coefficient (Wildman–Crippen LogP) is 4.41. The average molecular weight is 426 g/mol. The van der Waals surface area contributed by atoms with Crippen LogP contribution in [0.2, 0.25) is 0 Å². The number of nitrogens with one attached hydrogen (secondary N) is 1. The van der Waals surface area contributed by atoms with Gasteiger partial charge in [-0.25, -0.2) is 0 Å². The summed E-state index contributed by atoms with van der Waals surface area (Å²) >= 11 is 3.40. The van der Waals surface area contributed by atoms with E-state index >= 15 is 0 Å². The number of carbonyl (C=O) groups excluding carboxylic acids is 1. The first-order valence-corrected chi connectivity index (χ1v) is 8.93. The fourth-order valence-corrected chi connectivity index (χ4v) is 3.45. The van der Waals surface area contributed by atoms with Gasteiger partial charge in [0.2, 0.25) is 0 Å². The van der Waals surface area contributed by atoms with Gasteiger partial charge in [-0.1, -0.05) is 28.1 Å². The van der Waals surface area contributed by atoms with Gasteiger partial charge in [0.15, 0.2) is 6.10 Å². The Morgan fingerprint density at radius 3 is 2.88 bits per heavy atom. The second kappa shape index (κ2) is 8.59. The van der Waals surface area contributed by atoms with Crippen molar-refractivity contribution in [2.24, 2.45) is 0 Å². The number of amides is 1. The van der Waals surface area contributed by atoms with Crippen LogP contribution in [-0.2, 0) is 11.2 Å². The largest absolute Gasteiger partial charge is 0.481 e. The Bertz CT molecular complexity index is 754. The van der Waals surface area contributed by atoms with Crippen molar-refractivity contribution in [3.05, 3.63) is 58.1 Å². The summed E-state index contributed by atoms with van der Waals surface area (Å²) < 4.78 is 6.67. The fraction of sp³-hybridized carbons (Fsp3) is 0.316. The molecule has 3 N–H and O–H groups in total. The molecule has 0 spiro atoms. The Labute approximate surface area is 162 Å². The molecule has 1 amide bonds. The molecule has 0 aromatic heterocycles. The molecule has 6 heteroatoms. The minimum absolute atomic E-state index is 0. The van der Waals surface area contributed by atoms with E-state index in [1.54, 1.807) is 6.92 Å². The first-order valence-electron chi connectivity index (χ1n) is 8.14. The third kappa shape index (κ3) is 4.89. The van der Waals surface area contributed by atoms with E-state index in [1.807, 2.05) is 42.5 Å². The third-order valence-electron chi connectivity index (χ3n) is 4.28. The second-order valence-corrected chi connectivity index (χ2v) is 7.04. The highest BCUT2D eigenvalue weighted by Gasteiger charge is 2.24. The maximum absolute atomic E-state index is 12.5. The topological polar surface area (TPSA) is 64.3 Å². The van der Waals surface area contributed by atoms with Crippen LogP contribution in [-0.4, -0.2) is 12.0 Å². The van der Waals surface area contributed by atoms with E-state index in [-0.39, 0.29) is 24.4 Å². The lowest BCUT2D eigenvalue weighted by atomic mass is 9.87. The van der Waals surface area contributed by atoms with E-state index < -0.39 is 6.10 Å². The maximum atomic E-state index is 12.5. The number of anilines is 1. The lowest BCUT2D eigenvalue weighted by Crippen LogP contribution is -2.39. The van der Waals surface area contributed by atoms with Crippen LogP contribution < -0.4 is 15.8 Å². The van der Waals surface area contributed by atoms with Crippen LogP contribution in [0.5, 0.6) is 5.75 Å². The number of aryl methyl sites for hydroxylation is 1. The molecule has 2 aromatic rings. The Balaban J connectivity index is 0.00000225. The van der Waals surface area contributed by atoms with Gasteiger partial charge in [-0.15, -0.1) is 12.4 Å². The Kier molecular flexibility index (Phi) is 6.73. The zero-order chi connectivity index (χ0) is 17.1. The molecule has 0 aliphatic heterocycles. The van der Waals surface area contributed by atoms with Gasteiger partial charge in [0.05, 0.1) is 6.04 Å². The van der Waals surface area contributed by atoms with Crippen LogP contribution in [0.3, 0.4) is 0 Å². The Hall–Kier alpha value is -1.72. The standard InChI is InChI=1S/C19H21BrN2O2.ClH/c1-12(24-16-6-3-5-14(20)11-16)19(23)22-18-7-2-4-13-10-15(21)8-9-17(13)18;/h3,5-6,8-12,18H,2,4,7,21H2,1H3,(H,22,23);1H. The van der Waals surface area contributed by atoms with E-state index in [0.29, 0.717) is 5.75 Å². The van der Waals surface area contributed by atoms with Gasteiger partial charge in [0.25, 0.3) is 5.91 Å². The van der Waals surface area contributed by atoms with Crippen molar-refractivity contribution in [3.63, 3.8) is 0 Å². The zero-order valence-corrected chi connectivity index (χ0v) is 16.4. The monoisotopic (exact) mass is 424 g/mol. The summed E-state index contributed by atoms with van der Waals surface area (Å²) in [6.45, 7) is 1.77. The van der Waals surface area contributed by atoms with Gasteiger partial charge in [-0.2, -0.15) is 0 Å². The van der Waals surface area contributed by atoms with Crippen molar-refractivity contribution in [2.75, 3.05) is 5.73 Å². The maximum Gasteiger partial charge on any atom is 0.261 e. The first-order chi connectivity index (χ1) is 11.5. The molecule has 0 fully saturated rings. The summed E-state index contributed by atoms with van der Waals surface area (Å²) in [4.78, 5) is 12.5. The molecule has 2 aromatic carbocycles. The summed E-state index contributed by atoms with van der Waals surface area (Å²) in [5, 5.41) is 3.11. The van der Waals surface area contributed by atoms with E-state index in [9.17, 15) is 4.79 Å². The molecule has 0 radical (unpaired) electrons. The van der Waals surface area contributed by atoms with Crippen molar-refractivity contribution < 1.29 is 9.53 Å². The van der Waals surface area contributed by atoms with Crippen LogP contribution in [0.1, 0.15) is 36.9 Å². The molecule has 1 aliphatic rings. The molecule has 0 saturated heterocycles. The highest BCUT2D eigenvalue weighted by Crippen LogP contribution is 2.31. The minimum Gasteiger partial charge on any atom is -0.481 e. The molecule has 2 unspecified atom stereocenters. The first kappa shape index (κ1) is 19.6. The lowest BCUT2D eigenvalue weighted by Gasteiger charge is -2.28. The van der Waals surface area contributed by atoms with E-state index in [4.69, 9.17) is 10.5 Å². The number of hydrogen-bond donors (Lipinski definition) is 2. The van der Waals surface area contributed by atoms with Crippen molar-refractivity contribution in [2.45, 2.75) is 38.3 Å². The third-order valence-corrected chi connectivity index (χ3v) is 4.77.